The number of ether oxygens (including phenoxy) is 1. The van der Waals surface area contributed by atoms with E-state index in [1.807, 2.05) is 5.38 Å². The Morgan fingerprint density at radius 1 is 1.18 bits per heavy atom. The Bertz CT molecular complexity index is 1330. The average Bonchev–Trinajstić information content (AvgIpc) is 3.45. The van der Waals surface area contributed by atoms with E-state index in [1.54, 1.807) is 12.1 Å². The van der Waals surface area contributed by atoms with Crippen LogP contribution in [0.3, 0.4) is 0 Å². The zero-order valence-electron chi connectivity index (χ0n) is 17.7. The van der Waals surface area contributed by atoms with Gasteiger partial charge in [-0.05, 0) is 24.3 Å². The summed E-state index contributed by atoms with van der Waals surface area (Å²) in [5.74, 6) is -0.464. The van der Waals surface area contributed by atoms with E-state index in [4.69, 9.17) is 4.74 Å². The van der Waals surface area contributed by atoms with E-state index in [0.717, 1.165) is 30.9 Å². The van der Waals surface area contributed by atoms with Crippen molar-refractivity contribution in [3.8, 4) is 11.3 Å². The number of hydrogen-bond donors (Lipinski definition) is 1. The van der Waals surface area contributed by atoms with Crippen molar-refractivity contribution in [3.63, 3.8) is 0 Å². The van der Waals surface area contributed by atoms with Gasteiger partial charge in [0, 0.05) is 30.6 Å². The Morgan fingerprint density at radius 3 is 2.79 bits per heavy atom. The number of anilines is 1. The van der Waals surface area contributed by atoms with E-state index >= 15 is 0 Å². The summed E-state index contributed by atoms with van der Waals surface area (Å²) < 4.78 is 45.9. The van der Waals surface area contributed by atoms with Crippen LogP contribution in [0.1, 0.15) is 21.7 Å². The maximum absolute atomic E-state index is 13.1. The van der Waals surface area contributed by atoms with Crippen molar-refractivity contribution in [1.29, 1.82) is 0 Å². The Morgan fingerprint density at radius 2 is 2.00 bits per heavy atom. The van der Waals surface area contributed by atoms with Gasteiger partial charge in [0.05, 0.1) is 36.4 Å². The van der Waals surface area contributed by atoms with Crippen molar-refractivity contribution in [2.75, 3.05) is 31.6 Å². The lowest BCUT2D eigenvalue weighted by Crippen LogP contribution is -2.35. The highest BCUT2D eigenvalue weighted by molar-refractivity contribution is 7.13. The summed E-state index contributed by atoms with van der Waals surface area (Å²) in [7, 11) is 0. The number of nitrogens with zero attached hydrogens (tertiary/aromatic N) is 5. The first-order chi connectivity index (χ1) is 16.4. The van der Waals surface area contributed by atoms with Crippen LogP contribution in [0.25, 0.3) is 16.9 Å². The lowest BCUT2D eigenvalue weighted by molar-refractivity contribution is -0.137. The van der Waals surface area contributed by atoms with Crippen LogP contribution in [0, 0.1) is 0 Å². The van der Waals surface area contributed by atoms with Gasteiger partial charge in [-0.2, -0.15) is 18.3 Å². The minimum absolute atomic E-state index is 0.147. The summed E-state index contributed by atoms with van der Waals surface area (Å²) in [6.45, 7) is 3.73. The van der Waals surface area contributed by atoms with E-state index < -0.39 is 17.6 Å². The number of aromatic nitrogens is 4. The predicted molar refractivity (Wildman–Crippen MR) is 120 cm³/mol. The van der Waals surface area contributed by atoms with Crippen LogP contribution in [-0.2, 0) is 17.5 Å². The molecule has 0 aliphatic carbocycles. The van der Waals surface area contributed by atoms with Crippen molar-refractivity contribution < 1.29 is 22.7 Å². The molecular formula is C22H19F3N6O2S. The monoisotopic (exact) mass is 488 g/mol. The van der Waals surface area contributed by atoms with Gasteiger partial charge in [-0.25, -0.2) is 14.5 Å². The number of carbonyl (C=O) groups excluding carboxylic acids is 1. The second-order valence-corrected chi connectivity index (χ2v) is 8.56. The smallest absolute Gasteiger partial charge is 0.379 e. The average molecular weight is 488 g/mol. The summed E-state index contributed by atoms with van der Waals surface area (Å²) in [4.78, 5) is 23.8. The Labute approximate surface area is 196 Å². The molecule has 8 nitrogen and oxygen atoms in total. The van der Waals surface area contributed by atoms with Gasteiger partial charge in [0.25, 0.3) is 5.91 Å². The van der Waals surface area contributed by atoms with Gasteiger partial charge in [-0.1, -0.05) is 12.1 Å². The van der Waals surface area contributed by atoms with E-state index in [0.29, 0.717) is 30.5 Å². The molecule has 0 atom stereocenters. The fraction of sp³-hybridized carbons (Fsp3) is 0.273. The first-order valence-corrected chi connectivity index (χ1v) is 11.3. The Kier molecular flexibility index (Phi) is 6.02. The number of morpholine rings is 1. The number of nitrogens with one attached hydrogen (secondary N) is 1. The third kappa shape index (κ3) is 4.79. The minimum Gasteiger partial charge on any atom is -0.379 e. The molecule has 1 amide bonds. The highest BCUT2D eigenvalue weighted by Crippen LogP contribution is 2.31. The van der Waals surface area contributed by atoms with Gasteiger partial charge in [-0.15, -0.1) is 11.3 Å². The maximum Gasteiger partial charge on any atom is 0.416 e. The molecule has 4 heterocycles. The van der Waals surface area contributed by atoms with Crippen LogP contribution in [0.15, 0.2) is 48.0 Å². The van der Waals surface area contributed by atoms with Crippen LogP contribution in [-0.4, -0.2) is 56.7 Å². The van der Waals surface area contributed by atoms with Gasteiger partial charge in [0.15, 0.2) is 16.5 Å². The number of carbonyl (C=O) groups is 1. The highest BCUT2D eigenvalue weighted by Gasteiger charge is 2.30. The second-order valence-electron chi connectivity index (χ2n) is 7.70. The number of alkyl halides is 3. The topological polar surface area (TPSA) is 84.7 Å². The molecule has 0 bridgehead atoms. The van der Waals surface area contributed by atoms with Crippen LogP contribution < -0.4 is 5.32 Å². The molecule has 12 heteroatoms. The fourth-order valence-corrected chi connectivity index (χ4v) is 4.32. The Balaban J connectivity index is 1.35. The van der Waals surface area contributed by atoms with Gasteiger partial charge >= 0.3 is 6.18 Å². The van der Waals surface area contributed by atoms with Crippen LogP contribution >= 0.6 is 11.3 Å². The van der Waals surface area contributed by atoms with E-state index in [-0.39, 0.29) is 17.0 Å². The molecule has 1 N–H and O–H groups in total. The SMILES string of the molecule is O=C(Nc1nc(CN2CCOCC2)cs1)c1cnc2ccc(-c3cccc(C(F)(F)F)c3)nn12. The number of benzene rings is 1. The summed E-state index contributed by atoms with van der Waals surface area (Å²) >= 11 is 1.32. The molecule has 3 aromatic heterocycles. The van der Waals surface area contributed by atoms with Gasteiger partial charge < -0.3 is 4.74 Å². The molecule has 1 aliphatic rings. The van der Waals surface area contributed by atoms with Gasteiger partial charge in [0.2, 0.25) is 0 Å². The molecule has 0 saturated carbocycles. The van der Waals surface area contributed by atoms with Gasteiger partial charge in [-0.3, -0.25) is 15.0 Å². The molecule has 1 saturated heterocycles. The number of imidazole rings is 1. The fourth-order valence-electron chi connectivity index (χ4n) is 3.62. The first kappa shape index (κ1) is 22.4. The summed E-state index contributed by atoms with van der Waals surface area (Å²) in [6.07, 6.45) is -3.09. The lowest BCUT2D eigenvalue weighted by Gasteiger charge is -2.25. The minimum atomic E-state index is -4.46. The third-order valence-electron chi connectivity index (χ3n) is 5.34. The van der Waals surface area contributed by atoms with Crippen LogP contribution in [0.2, 0.25) is 0 Å². The first-order valence-electron chi connectivity index (χ1n) is 10.4. The molecule has 1 aromatic carbocycles. The molecule has 4 aromatic rings. The van der Waals surface area contributed by atoms with E-state index in [9.17, 15) is 18.0 Å². The summed E-state index contributed by atoms with van der Waals surface area (Å²) in [6, 6.07) is 8.05. The molecule has 5 rings (SSSR count). The number of thiazole rings is 1. The normalized spacial score (nSPS) is 15.0. The summed E-state index contributed by atoms with van der Waals surface area (Å²) in [5.41, 5.74) is 1.19. The zero-order valence-corrected chi connectivity index (χ0v) is 18.6. The summed E-state index contributed by atoms with van der Waals surface area (Å²) in [5, 5.41) is 9.46. The zero-order chi connectivity index (χ0) is 23.7. The predicted octanol–water partition coefficient (Wildman–Crippen LogP) is 3.96. The van der Waals surface area contributed by atoms with E-state index in [1.165, 1.54) is 34.2 Å². The van der Waals surface area contributed by atoms with Crippen LogP contribution in [0.4, 0.5) is 18.3 Å². The van der Waals surface area contributed by atoms with E-state index in [2.05, 4.69) is 25.3 Å². The van der Waals surface area contributed by atoms with Crippen molar-refractivity contribution in [1.82, 2.24) is 24.5 Å². The molecule has 0 spiro atoms. The Hall–Kier alpha value is -3.35. The number of hydrogen-bond acceptors (Lipinski definition) is 7. The number of halogens is 3. The molecular weight excluding hydrogens is 469 g/mol. The third-order valence-corrected chi connectivity index (χ3v) is 6.15. The molecule has 176 valence electrons. The van der Waals surface area contributed by atoms with Crippen molar-refractivity contribution in [2.24, 2.45) is 0 Å². The highest BCUT2D eigenvalue weighted by atomic mass is 32.1. The molecule has 0 unspecified atom stereocenters. The van der Waals surface area contributed by atoms with Crippen molar-refractivity contribution in [2.45, 2.75) is 12.7 Å². The number of rotatable bonds is 5. The second kappa shape index (κ2) is 9.12. The number of amides is 1. The largest absolute Gasteiger partial charge is 0.416 e. The molecule has 1 aliphatic heterocycles. The molecule has 34 heavy (non-hydrogen) atoms. The quantitative estimate of drug-likeness (QED) is 0.458. The van der Waals surface area contributed by atoms with Crippen LogP contribution in [0.5, 0.6) is 0 Å². The van der Waals surface area contributed by atoms with Crippen molar-refractivity contribution >= 4 is 28.0 Å². The maximum atomic E-state index is 13.1. The van der Waals surface area contributed by atoms with Gasteiger partial charge in [0.1, 0.15) is 0 Å². The standard InChI is InChI=1S/C22H19F3N6O2S/c23-22(24,25)15-3-1-2-14(10-15)17-4-5-19-26-11-18(31(19)29-17)20(32)28-21-27-16(13-34-21)12-30-6-8-33-9-7-30/h1-5,10-11,13H,6-9,12H2,(H,27,28,32). The lowest BCUT2D eigenvalue weighted by atomic mass is 10.1. The molecule has 0 radical (unpaired) electrons. The van der Waals surface area contributed by atoms with Crippen molar-refractivity contribution in [3.05, 3.63) is 64.9 Å². The number of fused-ring (bicyclic) bond motifs is 1. The molecule has 1 fully saturated rings.